The van der Waals surface area contributed by atoms with E-state index >= 15 is 0 Å². The van der Waals surface area contributed by atoms with Crippen molar-refractivity contribution in [3.05, 3.63) is 52.3 Å². The molecule has 110 valence electrons. The molecule has 0 saturated carbocycles. The number of nitrogens with zero attached hydrogens (tertiary/aromatic N) is 4. The lowest BCUT2D eigenvalue weighted by atomic mass is 10.3. The Morgan fingerprint density at radius 3 is 2.81 bits per heavy atom. The molecule has 0 amide bonds. The van der Waals surface area contributed by atoms with E-state index in [2.05, 4.69) is 15.3 Å². The predicted octanol–water partition coefficient (Wildman–Crippen LogP) is 2.45. The SMILES string of the molecule is CCNc1cc([N+](=O)[O-])cc(N(C)Cc2ccccn2)n1. The van der Waals surface area contributed by atoms with Crippen LogP contribution in [0.25, 0.3) is 0 Å². The van der Waals surface area contributed by atoms with Crippen molar-refractivity contribution in [3.8, 4) is 0 Å². The third-order valence-corrected chi connectivity index (χ3v) is 2.88. The van der Waals surface area contributed by atoms with Gasteiger partial charge in [0, 0.05) is 19.8 Å². The maximum atomic E-state index is 11.0. The molecule has 2 aromatic heterocycles. The number of hydrogen-bond acceptors (Lipinski definition) is 6. The fourth-order valence-corrected chi connectivity index (χ4v) is 1.89. The summed E-state index contributed by atoms with van der Waals surface area (Å²) in [5.74, 6) is 1.03. The van der Waals surface area contributed by atoms with Crippen LogP contribution < -0.4 is 10.2 Å². The largest absolute Gasteiger partial charge is 0.370 e. The van der Waals surface area contributed by atoms with Gasteiger partial charge in [-0.25, -0.2) is 4.98 Å². The second kappa shape index (κ2) is 6.65. The van der Waals surface area contributed by atoms with Gasteiger partial charge in [-0.05, 0) is 19.1 Å². The number of anilines is 2. The van der Waals surface area contributed by atoms with Crippen molar-refractivity contribution < 1.29 is 4.92 Å². The maximum Gasteiger partial charge on any atom is 0.276 e. The number of nitrogens with one attached hydrogen (secondary N) is 1. The zero-order chi connectivity index (χ0) is 15.2. The average Bonchev–Trinajstić information content (AvgIpc) is 2.48. The molecular weight excluding hydrogens is 270 g/mol. The molecule has 0 unspecified atom stereocenters. The van der Waals surface area contributed by atoms with Crippen LogP contribution in [0.2, 0.25) is 0 Å². The summed E-state index contributed by atoms with van der Waals surface area (Å²) in [4.78, 5) is 21.0. The highest BCUT2D eigenvalue weighted by atomic mass is 16.6. The molecule has 0 fully saturated rings. The highest BCUT2D eigenvalue weighted by Crippen LogP contribution is 2.23. The van der Waals surface area contributed by atoms with Crippen molar-refractivity contribution in [2.45, 2.75) is 13.5 Å². The van der Waals surface area contributed by atoms with Crippen molar-refractivity contribution in [3.63, 3.8) is 0 Å². The zero-order valence-electron chi connectivity index (χ0n) is 12.0. The highest BCUT2D eigenvalue weighted by Gasteiger charge is 2.14. The van der Waals surface area contributed by atoms with Gasteiger partial charge in [-0.3, -0.25) is 15.1 Å². The summed E-state index contributed by atoms with van der Waals surface area (Å²) in [6, 6.07) is 8.55. The Labute approximate surface area is 122 Å². The second-order valence-electron chi connectivity index (χ2n) is 4.53. The smallest absolute Gasteiger partial charge is 0.276 e. The van der Waals surface area contributed by atoms with E-state index in [1.807, 2.05) is 37.1 Å². The van der Waals surface area contributed by atoms with E-state index < -0.39 is 4.92 Å². The topological polar surface area (TPSA) is 84.2 Å². The molecule has 1 N–H and O–H groups in total. The van der Waals surface area contributed by atoms with Gasteiger partial charge in [0.25, 0.3) is 5.69 Å². The Morgan fingerprint density at radius 1 is 1.38 bits per heavy atom. The number of hydrogen-bond donors (Lipinski definition) is 1. The summed E-state index contributed by atoms with van der Waals surface area (Å²) in [5.41, 5.74) is 0.891. The molecule has 2 aromatic rings. The third kappa shape index (κ3) is 3.88. The molecule has 0 aliphatic heterocycles. The van der Waals surface area contributed by atoms with E-state index in [1.165, 1.54) is 12.1 Å². The van der Waals surface area contributed by atoms with Gasteiger partial charge in [-0.2, -0.15) is 0 Å². The lowest BCUT2D eigenvalue weighted by Crippen LogP contribution is -2.19. The molecule has 0 spiro atoms. The first kappa shape index (κ1) is 14.7. The first-order valence-electron chi connectivity index (χ1n) is 6.61. The standard InChI is InChI=1S/C14H17N5O2/c1-3-15-13-8-12(19(20)21)9-14(17-13)18(2)10-11-6-4-5-7-16-11/h4-9H,3,10H2,1-2H3,(H,15,17). The van der Waals surface area contributed by atoms with Gasteiger partial charge in [0.15, 0.2) is 0 Å². The molecule has 0 aromatic carbocycles. The van der Waals surface area contributed by atoms with Crippen LogP contribution >= 0.6 is 0 Å². The fourth-order valence-electron chi connectivity index (χ4n) is 1.89. The monoisotopic (exact) mass is 287 g/mol. The molecule has 0 radical (unpaired) electrons. The lowest BCUT2D eigenvalue weighted by Gasteiger charge is -2.18. The summed E-state index contributed by atoms with van der Waals surface area (Å²) in [6.07, 6.45) is 1.72. The van der Waals surface area contributed by atoms with Crippen molar-refractivity contribution in [2.24, 2.45) is 0 Å². The minimum Gasteiger partial charge on any atom is -0.370 e. The minimum atomic E-state index is -0.416. The van der Waals surface area contributed by atoms with Gasteiger partial charge in [-0.1, -0.05) is 6.07 Å². The third-order valence-electron chi connectivity index (χ3n) is 2.88. The maximum absolute atomic E-state index is 11.0. The van der Waals surface area contributed by atoms with Gasteiger partial charge < -0.3 is 10.2 Å². The van der Waals surface area contributed by atoms with Crippen LogP contribution in [0.4, 0.5) is 17.3 Å². The summed E-state index contributed by atoms with van der Waals surface area (Å²) in [5, 5.41) is 14.0. The zero-order valence-corrected chi connectivity index (χ0v) is 12.0. The van der Waals surface area contributed by atoms with Gasteiger partial charge in [-0.15, -0.1) is 0 Å². The Balaban J connectivity index is 2.26. The summed E-state index contributed by atoms with van der Waals surface area (Å²) in [7, 11) is 1.83. The van der Waals surface area contributed by atoms with Crippen LogP contribution in [0.3, 0.4) is 0 Å². The average molecular weight is 287 g/mol. The Bertz CT molecular complexity index is 618. The van der Waals surface area contributed by atoms with Gasteiger partial charge in [0.05, 0.1) is 29.3 Å². The Hall–Kier alpha value is -2.70. The molecule has 0 atom stereocenters. The van der Waals surface area contributed by atoms with E-state index in [-0.39, 0.29) is 5.69 Å². The molecule has 21 heavy (non-hydrogen) atoms. The highest BCUT2D eigenvalue weighted by molar-refractivity contribution is 5.55. The molecular formula is C14H17N5O2. The quantitative estimate of drug-likeness (QED) is 0.649. The molecule has 0 saturated heterocycles. The van der Waals surface area contributed by atoms with E-state index in [4.69, 9.17) is 0 Å². The molecule has 0 aliphatic rings. The Kier molecular flexibility index (Phi) is 4.65. The lowest BCUT2D eigenvalue weighted by molar-refractivity contribution is -0.384. The first-order valence-corrected chi connectivity index (χ1v) is 6.61. The number of nitro groups is 1. The van der Waals surface area contributed by atoms with Crippen LogP contribution in [0.5, 0.6) is 0 Å². The van der Waals surface area contributed by atoms with Gasteiger partial charge >= 0.3 is 0 Å². The van der Waals surface area contributed by atoms with Gasteiger partial charge in [0.1, 0.15) is 11.6 Å². The van der Waals surface area contributed by atoms with Crippen LogP contribution in [-0.4, -0.2) is 28.5 Å². The Morgan fingerprint density at radius 2 is 2.19 bits per heavy atom. The minimum absolute atomic E-state index is 0.0174. The van der Waals surface area contributed by atoms with Crippen molar-refractivity contribution in [2.75, 3.05) is 23.8 Å². The fraction of sp³-hybridized carbons (Fsp3) is 0.286. The van der Waals surface area contributed by atoms with E-state index in [1.54, 1.807) is 6.20 Å². The summed E-state index contributed by atoms with van der Waals surface area (Å²) >= 11 is 0. The van der Waals surface area contributed by atoms with E-state index in [9.17, 15) is 10.1 Å². The molecule has 0 bridgehead atoms. The van der Waals surface area contributed by atoms with Crippen LogP contribution in [0, 0.1) is 10.1 Å². The predicted molar refractivity (Wildman–Crippen MR) is 81.4 cm³/mol. The summed E-state index contributed by atoms with van der Waals surface area (Å²) < 4.78 is 0. The van der Waals surface area contributed by atoms with Crippen molar-refractivity contribution >= 4 is 17.3 Å². The molecule has 7 heteroatoms. The van der Waals surface area contributed by atoms with Crippen LogP contribution in [-0.2, 0) is 6.54 Å². The first-order chi connectivity index (χ1) is 10.1. The van der Waals surface area contributed by atoms with Crippen LogP contribution in [0.1, 0.15) is 12.6 Å². The van der Waals surface area contributed by atoms with Gasteiger partial charge in [0.2, 0.25) is 0 Å². The molecule has 7 nitrogen and oxygen atoms in total. The van der Waals surface area contributed by atoms with Crippen molar-refractivity contribution in [1.82, 2.24) is 9.97 Å². The van der Waals surface area contributed by atoms with E-state index in [0.717, 1.165) is 5.69 Å². The normalized spacial score (nSPS) is 10.2. The van der Waals surface area contributed by atoms with Crippen LogP contribution in [0.15, 0.2) is 36.5 Å². The molecule has 0 aliphatic carbocycles. The second-order valence-corrected chi connectivity index (χ2v) is 4.53. The molecule has 2 heterocycles. The van der Waals surface area contributed by atoms with Crippen molar-refractivity contribution in [1.29, 1.82) is 0 Å². The summed E-state index contributed by atoms with van der Waals surface area (Å²) in [6.45, 7) is 3.09. The number of aromatic nitrogens is 2. The number of pyridine rings is 2. The molecule has 2 rings (SSSR count). The number of rotatable bonds is 6. The van der Waals surface area contributed by atoms with E-state index in [0.29, 0.717) is 24.7 Å².